The standard InChI is InChI=1S/C34H35BrClN5O3S/c1-3-37-33(44)39-25-14-15-40(20-25)32(43)34(45-26-11-4-21(2)5-12-26)17-30(42)41(19-22-6-8-23(35)9-7-22)31(34)28-18-38-29-16-24(36)10-13-27(28)29/h4-13,16,18,25,31,38H,3,14-15,17,19-20H2,1-2H3,(H2,37,39,44)/t25-,31+,34+/m1/s1. The fraction of sp³-hybridized carbons (Fsp3) is 0.324. The molecule has 6 rings (SSSR count). The third-order valence-electron chi connectivity index (χ3n) is 8.56. The SMILES string of the molecule is CCNC(=O)N[C@@H]1CCN(C(=O)[C@]2(Sc3ccc(C)cc3)CC(=O)N(Cc3ccc(Br)cc3)[C@H]2c2c[nH]c3cc(Cl)ccc23)C1. The number of halogens is 2. The summed E-state index contributed by atoms with van der Waals surface area (Å²) in [5.41, 5.74) is 3.79. The minimum Gasteiger partial charge on any atom is -0.361 e. The molecule has 4 aromatic rings. The zero-order valence-electron chi connectivity index (χ0n) is 25.1. The number of H-pyrrole nitrogens is 1. The summed E-state index contributed by atoms with van der Waals surface area (Å²) < 4.78 is -0.217. The van der Waals surface area contributed by atoms with E-state index in [2.05, 4.69) is 31.5 Å². The smallest absolute Gasteiger partial charge is 0.315 e. The van der Waals surface area contributed by atoms with Crippen LogP contribution in [0.25, 0.3) is 10.9 Å². The highest BCUT2D eigenvalue weighted by molar-refractivity contribution is 9.10. The van der Waals surface area contributed by atoms with Crippen LogP contribution in [-0.2, 0) is 16.1 Å². The Bertz CT molecular complexity index is 1730. The van der Waals surface area contributed by atoms with Crippen LogP contribution in [0.2, 0.25) is 5.02 Å². The van der Waals surface area contributed by atoms with Gasteiger partial charge in [-0.15, -0.1) is 11.8 Å². The third-order valence-corrected chi connectivity index (χ3v) is 10.7. The molecule has 3 atom stereocenters. The minimum atomic E-state index is -1.17. The predicted octanol–water partition coefficient (Wildman–Crippen LogP) is 6.82. The van der Waals surface area contributed by atoms with Gasteiger partial charge in [0.15, 0.2) is 0 Å². The molecular formula is C34H35BrClN5O3S. The topological polar surface area (TPSA) is 97.5 Å². The molecule has 8 nitrogen and oxygen atoms in total. The maximum atomic E-state index is 15.0. The fourth-order valence-corrected chi connectivity index (χ4v) is 8.33. The number of carbonyl (C=O) groups is 3. The first kappa shape index (κ1) is 31.5. The van der Waals surface area contributed by atoms with E-state index in [0.717, 1.165) is 37.0 Å². The van der Waals surface area contributed by atoms with Crippen LogP contribution >= 0.6 is 39.3 Å². The van der Waals surface area contributed by atoms with E-state index in [-0.39, 0.29) is 30.3 Å². The van der Waals surface area contributed by atoms with Crippen LogP contribution in [0.5, 0.6) is 0 Å². The number of aromatic nitrogens is 1. The number of thioether (sulfide) groups is 1. The zero-order chi connectivity index (χ0) is 31.7. The molecule has 234 valence electrons. The van der Waals surface area contributed by atoms with Crippen molar-refractivity contribution in [3.05, 3.63) is 99.1 Å². The predicted molar refractivity (Wildman–Crippen MR) is 182 cm³/mol. The van der Waals surface area contributed by atoms with Crippen molar-refractivity contribution in [1.29, 1.82) is 0 Å². The van der Waals surface area contributed by atoms with Crippen LogP contribution in [0.15, 0.2) is 82.3 Å². The Kier molecular flexibility index (Phi) is 9.17. The molecule has 3 N–H and O–H groups in total. The fourth-order valence-electron chi connectivity index (χ4n) is 6.42. The Morgan fingerprint density at radius 1 is 1.11 bits per heavy atom. The highest BCUT2D eigenvalue weighted by Crippen LogP contribution is 2.55. The zero-order valence-corrected chi connectivity index (χ0v) is 28.3. The van der Waals surface area contributed by atoms with Crippen molar-refractivity contribution < 1.29 is 14.4 Å². The number of rotatable bonds is 8. The van der Waals surface area contributed by atoms with Gasteiger partial charge in [-0.1, -0.05) is 63.4 Å². The molecule has 0 saturated carbocycles. The van der Waals surface area contributed by atoms with Crippen molar-refractivity contribution in [3.63, 3.8) is 0 Å². The number of aryl methyl sites for hydroxylation is 1. The summed E-state index contributed by atoms with van der Waals surface area (Å²) in [5.74, 6) is -0.191. The molecule has 2 saturated heterocycles. The third kappa shape index (κ3) is 6.46. The van der Waals surface area contributed by atoms with Crippen molar-refractivity contribution in [2.75, 3.05) is 19.6 Å². The monoisotopic (exact) mass is 707 g/mol. The van der Waals surface area contributed by atoms with E-state index in [4.69, 9.17) is 11.6 Å². The van der Waals surface area contributed by atoms with Crippen LogP contribution in [-0.4, -0.2) is 63.1 Å². The summed E-state index contributed by atoms with van der Waals surface area (Å²) in [5, 5.41) is 7.29. The van der Waals surface area contributed by atoms with Crippen molar-refractivity contribution in [2.24, 2.45) is 0 Å². The lowest BCUT2D eigenvalue weighted by molar-refractivity contribution is -0.133. The first-order valence-corrected chi connectivity index (χ1v) is 17.1. The molecule has 3 aromatic carbocycles. The van der Waals surface area contributed by atoms with Crippen molar-refractivity contribution in [2.45, 2.75) is 55.0 Å². The van der Waals surface area contributed by atoms with E-state index in [1.165, 1.54) is 11.8 Å². The van der Waals surface area contributed by atoms with E-state index >= 15 is 4.79 Å². The Balaban J connectivity index is 1.46. The van der Waals surface area contributed by atoms with Crippen LogP contribution in [0.3, 0.4) is 0 Å². The van der Waals surface area contributed by atoms with Gasteiger partial charge in [0, 0.05) is 69.3 Å². The molecule has 0 radical (unpaired) electrons. The molecule has 11 heteroatoms. The summed E-state index contributed by atoms with van der Waals surface area (Å²) in [6, 6.07) is 20.7. The van der Waals surface area contributed by atoms with Crippen molar-refractivity contribution in [3.8, 4) is 0 Å². The molecule has 0 unspecified atom stereocenters. The molecule has 2 aliphatic heterocycles. The molecule has 0 bridgehead atoms. The number of urea groups is 1. The molecule has 1 aromatic heterocycles. The van der Waals surface area contributed by atoms with Gasteiger partial charge >= 0.3 is 6.03 Å². The van der Waals surface area contributed by atoms with Gasteiger partial charge in [-0.3, -0.25) is 9.59 Å². The van der Waals surface area contributed by atoms with Crippen LogP contribution in [0, 0.1) is 6.92 Å². The number of nitrogens with one attached hydrogen (secondary N) is 3. The van der Waals surface area contributed by atoms with Crippen LogP contribution in [0.4, 0.5) is 4.79 Å². The van der Waals surface area contributed by atoms with Gasteiger partial charge in [-0.05, 0) is 62.2 Å². The molecule has 0 aliphatic carbocycles. The van der Waals surface area contributed by atoms with E-state index in [0.29, 0.717) is 37.6 Å². The lowest BCUT2D eigenvalue weighted by atomic mass is 9.90. The maximum Gasteiger partial charge on any atom is 0.315 e. The summed E-state index contributed by atoms with van der Waals surface area (Å²) >= 11 is 11.3. The van der Waals surface area contributed by atoms with E-state index in [1.807, 2.05) is 96.6 Å². The molecule has 45 heavy (non-hydrogen) atoms. The number of hydrogen-bond acceptors (Lipinski definition) is 4. The molecule has 0 spiro atoms. The number of aromatic amines is 1. The van der Waals surface area contributed by atoms with Crippen LogP contribution in [0.1, 0.15) is 42.5 Å². The Labute approximate surface area is 280 Å². The van der Waals surface area contributed by atoms with Gasteiger partial charge in [0.2, 0.25) is 11.8 Å². The lowest BCUT2D eigenvalue weighted by Crippen LogP contribution is -2.50. The second-order valence-corrected chi connectivity index (χ2v) is 14.5. The van der Waals surface area contributed by atoms with E-state index in [1.54, 1.807) is 0 Å². The average Bonchev–Trinajstić information content (AvgIpc) is 3.71. The van der Waals surface area contributed by atoms with Gasteiger partial charge in [0.25, 0.3) is 0 Å². The number of carbonyl (C=O) groups excluding carboxylic acids is 3. The number of hydrogen-bond donors (Lipinski definition) is 3. The highest BCUT2D eigenvalue weighted by Gasteiger charge is 2.60. The number of likely N-dealkylation sites (tertiary alicyclic amines) is 2. The largest absolute Gasteiger partial charge is 0.361 e. The normalized spacial score (nSPS) is 21.5. The van der Waals surface area contributed by atoms with Gasteiger partial charge in [0.1, 0.15) is 4.75 Å². The van der Waals surface area contributed by atoms with Gasteiger partial charge in [-0.25, -0.2) is 4.79 Å². The molecule has 3 heterocycles. The first-order valence-electron chi connectivity index (χ1n) is 15.1. The quantitative estimate of drug-likeness (QED) is 0.187. The highest BCUT2D eigenvalue weighted by atomic mass is 79.9. The summed E-state index contributed by atoms with van der Waals surface area (Å²) in [6.07, 6.45) is 2.59. The summed E-state index contributed by atoms with van der Waals surface area (Å²) in [4.78, 5) is 49.5. The van der Waals surface area contributed by atoms with Gasteiger partial charge in [0.05, 0.1) is 12.5 Å². The van der Waals surface area contributed by atoms with Gasteiger partial charge in [-0.2, -0.15) is 0 Å². The van der Waals surface area contributed by atoms with Gasteiger partial charge < -0.3 is 25.4 Å². The number of amides is 4. The molecular weight excluding hydrogens is 674 g/mol. The molecule has 2 fully saturated rings. The second-order valence-electron chi connectivity index (χ2n) is 11.7. The number of fused-ring (bicyclic) bond motifs is 1. The van der Waals surface area contributed by atoms with Crippen LogP contribution < -0.4 is 10.6 Å². The lowest BCUT2D eigenvalue weighted by Gasteiger charge is -2.38. The number of benzene rings is 3. The minimum absolute atomic E-state index is 0.0384. The first-order chi connectivity index (χ1) is 21.7. The second kappa shape index (κ2) is 13.1. The Hall–Kier alpha value is -3.47. The Morgan fingerprint density at radius 3 is 2.60 bits per heavy atom. The average molecular weight is 709 g/mol. The van der Waals surface area contributed by atoms with E-state index < -0.39 is 10.8 Å². The summed E-state index contributed by atoms with van der Waals surface area (Å²) in [6.45, 7) is 5.63. The number of nitrogens with zero attached hydrogens (tertiary/aromatic N) is 2. The van der Waals surface area contributed by atoms with E-state index in [9.17, 15) is 9.59 Å². The molecule has 2 aliphatic rings. The van der Waals surface area contributed by atoms with Crippen molar-refractivity contribution in [1.82, 2.24) is 25.4 Å². The molecule has 4 amide bonds. The van der Waals surface area contributed by atoms with Crippen molar-refractivity contribution >= 4 is 68.0 Å². The maximum absolute atomic E-state index is 15.0. The Morgan fingerprint density at radius 2 is 1.87 bits per heavy atom. The summed E-state index contributed by atoms with van der Waals surface area (Å²) in [7, 11) is 0.